The van der Waals surface area contributed by atoms with E-state index in [-0.39, 0.29) is 46.3 Å². The quantitative estimate of drug-likeness (QED) is 0.577. The number of carbonyl (C=O) groups excluding carboxylic acids is 1. The number of alkyl halides is 3. The van der Waals surface area contributed by atoms with Gasteiger partial charge >= 0.3 is 6.18 Å². The number of H-pyrrole nitrogens is 1. The molecule has 0 radical (unpaired) electrons. The number of benzene rings is 1. The van der Waals surface area contributed by atoms with E-state index in [1.54, 1.807) is 0 Å². The number of hydrogen-bond donors (Lipinski definition) is 2. The van der Waals surface area contributed by atoms with Gasteiger partial charge in [0.2, 0.25) is 0 Å². The Morgan fingerprint density at radius 3 is 2.50 bits per heavy atom. The molecule has 10 heteroatoms. The molecule has 1 aliphatic rings. The first-order chi connectivity index (χ1) is 15.0. The molecular formula is C22H18F5N3O2. The third-order valence-electron chi connectivity index (χ3n) is 6.20. The van der Waals surface area contributed by atoms with Gasteiger partial charge in [-0.2, -0.15) is 13.2 Å². The average Bonchev–Trinajstić information content (AvgIpc) is 3.17. The van der Waals surface area contributed by atoms with Crippen molar-refractivity contribution >= 4 is 16.8 Å². The summed E-state index contributed by atoms with van der Waals surface area (Å²) in [5.41, 5.74) is 5.01. The van der Waals surface area contributed by atoms with Crippen molar-refractivity contribution in [1.29, 1.82) is 0 Å². The zero-order chi connectivity index (χ0) is 23.4. The fraction of sp³-hybridized carbons (Fsp3) is 0.318. The third-order valence-corrected chi connectivity index (χ3v) is 6.20. The highest BCUT2D eigenvalue weighted by Gasteiger charge is 2.49. The Morgan fingerprint density at radius 2 is 1.84 bits per heavy atom. The summed E-state index contributed by atoms with van der Waals surface area (Å²) in [6.45, 7) is 1.32. The molecule has 0 spiro atoms. The van der Waals surface area contributed by atoms with Crippen molar-refractivity contribution < 1.29 is 26.7 Å². The lowest BCUT2D eigenvalue weighted by atomic mass is 9.84. The van der Waals surface area contributed by atoms with Gasteiger partial charge in [0.05, 0.1) is 16.8 Å². The maximum Gasteiger partial charge on any atom is 0.391 e. The standard InChI is InChI=1S/C22H18F5N3O2/c1-9-11(2-3-14(23)19(9)24)12-6-10(22(25,26)27)7-13(12)16-8-17(31)18-15(30-16)4-5-29-20(18)21(28)32/h2-5,8,10,12-13H,6-7H2,1H3,(H2,28,32)(H,30,31)/t10-,12-,13+/m0/s1. The maximum absolute atomic E-state index is 14.2. The number of aromatic amines is 1. The highest BCUT2D eigenvalue weighted by Crippen LogP contribution is 2.53. The van der Waals surface area contributed by atoms with E-state index in [1.807, 2.05) is 0 Å². The van der Waals surface area contributed by atoms with Crippen molar-refractivity contribution in [2.24, 2.45) is 11.7 Å². The lowest BCUT2D eigenvalue weighted by Gasteiger charge is -2.22. The average molecular weight is 451 g/mol. The van der Waals surface area contributed by atoms with Crippen LogP contribution in [0.1, 0.15) is 52.0 Å². The van der Waals surface area contributed by atoms with E-state index in [4.69, 9.17) is 5.73 Å². The first kappa shape index (κ1) is 21.9. The molecular weight excluding hydrogens is 433 g/mol. The predicted molar refractivity (Wildman–Crippen MR) is 106 cm³/mol. The van der Waals surface area contributed by atoms with Crippen LogP contribution in [0.2, 0.25) is 0 Å². The molecule has 5 nitrogen and oxygen atoms in total. The van der Waals surface area contributed by atoms with E-state index in [0.29, 0.717) is 0 Å². The van der Waals surface area contributed by atoms with Gasteiger partial charge in [-0.1, -0.05) is 6.07 Å². The van der Waals surface area contributed by atoms with E-state index in [9.17, 15) is 31.5 Å². The molecule has 0 unspecified atom stereocenters. The lowest BCUT2D eigenvalue weighted by molar-refractivity contribution is -0.172. The highest BCUT2D eigenvalue weighted by molar-refractivity contribution is 6.03. The van der Waals surface area contributed by atoms with E-state index in [1.165, 1.54) is 25.3 Å². The van der Waals surface area contributed by atoms with Crippen LogP contribution in [-0.4, -0.2) is 22.1 Å². The molecule has 32 heavy (non-hydrogen) atoms. The van der Waals surface area contributed by atoms with E-state index in [0.717, 1.165) is 12.1 Å². The van der Waals surface area contributed by atoms with Crippen LogP contribution in [0.3, 0.4) is 0 Å². The van der Waals surface area contributed by atoms with Gasteiger partial charge in [-0.3, -0.25) is 14.6 Å². The Kier molecular flexibility index (Phi) is 5.26. The molecule has 0 saturated heterocycles. The first-order valence-electron chi connectivity index (χ1n) is 9.82. The Labute approximate surface area is 178 Å². The van der Waals surface area contributed by atoms with Crippen LogP contribution < -0.4 is 11.2 Å². The molecule has 0 bridgehead atoms. The Balaban J connectivity index is 1.88. The molecule has 1 saturated carbocycles. The molecule has 2 aromatic heterocycles. The van der Waals surface area contributed by atoms with Crippen LogP contribution in [0, 0.1) is 24.5 Å². The monoisotopic (exact) mass is 451 g/mol. The lowest BCUT2D eigenvalue weighted by Crippen LogP contribution is -2.20. The van der Waals surface area contributed by atoms with E-state index >= 15 is 0 Å². The van der Waals surface area contributed by atoms with E-state index in [2.05, 4.69) is 9.97 Å². The number of aromatic nitrogens is 2. The molecule has 168 valence electrons. The van der Waals surface area contributed by atoms with Crippen LogP contribution in [0.15, 0.2) is 35.3 Å². The van der Waals surface area contributed by atoms with Gasteiger partial charge in [0.25, 0.3) is 5.91 Å². The van der Waals surface area contributed by atoms with Crippen molar-refractivity contribution in [3.05, 3.63) is 74.8 Å². The zero-order valence-corrected chi connectivity index (χ0v) is 16.8. The first-order valence-corrected chi connectivity index (χ1v) is 9.82. The molecule has 2 heterocycles. The largest absolute Gasteiger partial charge is 0.391 e. The number of amides is 1. The van der Waals surface area contributed by atoms with Gasteiger partial charge < -0.3 is 10.7 Å². The van der Waals surface area contributed by atoms with Crippen LogP contribution in [0.5, 0.6) is 0 Å². The second-order valence-electron chi connectivity index (χ2n) is 8.03. The Bertz CT molecular complexity index is 1290. The van der Waals surface area contributed by atoms with Crippen LogP contribution >= 0.6 is 0 Å². The Morgan fingerprint density at radius 1 is 1.16 bits per heavy atom. The van der Waals surface area contributed by atoms with Crippen molar-refractivity contribution in [2.45, 2.75) is 37.8 Å². The molecule has 1 fully saturated rings. The third kappa shape index (κ3) is 3.63. The number of nitrogens with zero attached hydrogens (tertiary/aromatic N) is 1. The molecule has 0 aliphatic heterocycles. The minimum atomic E-state index is -4.49. The number of fused-ring (bicyclic) bond motifs is 1. The van der Waals surface area contributed by atoms with Crippen LogP contribution in [0.25, 0.3) is 10.9 Å². The molecule has 1 aromatic carbocycles. The van der Waals surface area contributed by atoms with Crippen molar-refractivity contribution in [3.8, 4) is 0 Å². The van der Waals surface area contributed by atoms with Gasteiger partial charge in [0.15, 0.2) is 17.1 Å². The SMILES string of the molecule is Cc1c([C@@H]2C[C@H](C(F)(F)F)C[C@H]2c2cc(=O)c3c(C(N)=O)nccc3[nH]2)ccc(F)c1F. The van der Waals surface area contributed by atoms with Crippen molar-refractivity contribution in [2.75, 3.05) is 0 Å². The predicted octanol–water partition coefficient (Wildman–Crippen LogP) is 4.45. The van der Waals surface area contributed by atoms with Gasteiger partial charge in [0, 0.05) is 23.9 Å². The maximum atomic E-state index is 14.2. The number of carbonyl (C=O) groups is 1. The highest BCUT2D eigenvalue weighted by atomic mass is 19.4. The number of primary amides is 1. The van der Waals surface area contributed by atoms with Crippen molar-refractivity contribution in [3.63, 3.8) is 0 Å². The summed E-state index contributed by atoms with van der Waals surface area (Å²) in [6, 6.07) is 4.73. The Hall–Kier alpha value is -3.30. The molecule has 3 atom stereocenters. The summed E-state index contributed by atoms with van der Waals surface area (Å²) in [5, 5.41) is -0.0605. The van der Waals surface area contributed by atoms with Gasteiger partial charge in [-0.05, 0) is 48.9 Å². The zero-order valence-electron chi connectivity index (χ0n) is 16.8. The molecule has 1 aliphatic carbocycles. The van der Waals surface area contributed by atoms with Gasteiger partial charge in [-0.25, -0.2) is 8.78 Å². The van der Waals surface area contributed by atoms with Crippen LogP contribution in [-0.2, 0) is 0 Å². The second-order valence-corrected chi connectivity index (χ2v) is 8.03. The number of rotatable bonds is 3. The summed E-state index contributed by atoms with van der Waals surface area (Å²) in [4.78, 5) is 31.1. The van der Waals surface area contributed by atoms with Crippen LogP contribution in [0.4, 0.5) is 22.0 Å². The summed E-state index contributed by atoms with van der Waals surface area (Å²) < 4.78 is 68.6. The molecule has 3 N–H and O–H groups in total. The number of halogens is 5. The second kappa shape index (κ2) is 7.68. The normalized spacial score (nSPS) is 21.2. The molecule has 4 rings (SSSR count). The minimum Gasteiger partial charge on any atom is -0.364 e. The molecule has 3 aromatic rings. The van der Waals surface area contributed by atoms with Gasteiger partial charge in [-0.15, -0.1) is 0 Å². The minimum absolute atomic E-state index is 0.0605. The summed E-state index contributed by atoms with van der Waals surface area (Å²) >= 11 is 0. The fourth-order valence-corrected chi connectivity index (χ4v) is 4.67. The summed E-state index contributed by atoms with van der Waals surface area (Å²) in [6.07, 6.45) is -3.89. The number of nitrogens with two attached hydrogens (primary N) is 1. The van der Waals surface area contributed by atoms with Gasteiger partial charge in [0.1, 0.15) is 5.69 Å². The summed E-state index contributed by atoms with van der Waals surface area (Å²) in [5.74, 6) is -6.40. The topological polar surface area (TPSA) is 88.8 Å². The smallest absolute Gasteiger partial charge is 0.364 e. The summed E-state index contributed by atoms with van der Waals surface area (Å²) in [7, 11) is 0. The fourth-order valence-electron chi connectivity index (χ4n) is 4.67. The van der Waals surface area contributed by atoms with Crippen molar-refractivity contribution in [1.82, 2.24) is 9.97 Å². The number of pyridine rings is 2. The number of nitrogens with one attached hydrogen (secondary N) is 1. The van der Waals surface area contributed by atoms with E-state index < -0.39 is 46.9 Å². The molecule has 1 amide bonds. The number of hydrogen-bond acceptors (Lipinski definition) is 3.